The van der Waals surface area contributed by atoms with E-state index in [1.807, 2.05) is 25.2 Å². The molecular weight excluding hydrogens is 256 g/mol. The van der Waals surface area contributed by atoms with Crippen LogP contribution in [0.4, 0.5) is 0 Å². The van der Waals surface area contributed by atoms with Gasteiger partial charge in [0.2, 0.25) is 0 Å². The summed E-state index contributed by atoms with van der Waals surface area (Å²) in [5.74, 6) is 2.41. The van der Waals surface area contributed by atoms with Gasteiger partial charge in [-0.1, -0.05) is 0 Å². The van der Waals surface area contributed by atoms with Crippen LogP contribution in [0.5, 0.6) is 11.5 Å². The summed E-state index contributed by atoms with van der Waals surface area (Å²) in [6, 6.07) is 5.87. The van der Waals surface area contributed by atoms with Gasteiger partial charge in [-0.15, -0.1) is 0 Å². The molecule has 6 heteroatoms. The number of aryl methyl sites for hydroxylation is 1. The molecule has 1 aromatic carbocycles. The zero-order chi connectivity index (χ0) is 14.5. The quantitative estimate of drug-likeness (QED) is 0.870. The van der Waals surface area contributed by atoms with E-state index in [1.165, 1.54) is 0 Å². The summed E-state index contributed by atoms with van der Waals surface area (Å²) in [5.41, 5.74) is 1.04. The van der Waals surface area contributed by atoms with Crippen LogP contribution in [-0.4, -0.2) is 29.0 Å². The molecule has 0 aliphatic heterocycles. The second-order valence-electron chi connectivity index (χ2n) is 4.54. The lowest BCUT2D eigenvalue weighted by atomic mass is 10.1. The first-order valence-electron chi connectivity index (χ1n) is 6.44. The highest BCUT2D eigenvalue weighted by molar-refractivity contribution is 5.42. The van der Waals surface area contributed by atoms with E-state index in [0.717, 1.165) is 22.9 Å². The summed E-state index contributed by atoms with van der Waals surface area (Å²) < 4.78 is 12.3. The molecule has 0 saturated heterocycles. The van der Waals surface area contributed by atoms with Crippen LogP contribution >= 0.6 is 0 Å². The number of rotatable bonds is 6. The molecule has 0 saturated carbocycles. The lowest BCUT2D eigenvalue weighted by Crippen LogP contribution is -2.19. The maximum atomic E-state index is 5.39. The van der Waals surface area contributed by atoms with E-state index < -0.39 is 0 Å². The van der Waals surface area contributed by atoms with Gasteiger partial charge < -0.3 is 14.8 Å². The molecule has 1 unspecified atom stereocenters. The van der Waals surface area contributed by atoms with Crippen molar-refractivity contribution in [2.24, 2.45) is 7.05 Å². The summed E-state index contributed by atoms with van der Waals surface area (Å²) in [5, 5.41) is 7.62. The van der Waals surface area contributed by atoms with Crippen molar-refractivity contribution < 1.29 is 9.47 Å². The van der Waals surface area contributed by atoms with Crippen LogP contribution in [0, 0.1) is 0 Å². The molecule has 0 aliphatic rings. The molecule has 0 aliphatic carbocycles. The molecule has 0 spiro atoms. The molecule has 0 bridgehead atoms. The van der Waals surface area contributed by atoms with E-state index in [1.54, 1.807) is 25.2 Å². The Morgan fingerprint density at radius 3 is 2.70 bits per heavy atom. The van der Waals surface area contributed by atoms with Crippen molar-refractivity contribution in [3.05, 3.63) is 35.9 Å². The minimum absolute atomic E-state index is 0.101. The Labute approximate surface area is 118 Å². The Kier molecular flexibility index (Phi) is 4.57. The lowest BCUT2D eigenvalue weighted by molar-refractivity contribution is 0.391. The van der Waals surface area contributed by atoms with Gasteiger partial charge in [0.15, 0.2) is 5.82 Å². The van der Waals surface area contributed by atoms with Gasteiger partial charge in [0.05, 0.1) is 20.8 Å². The molecule has 1 aromatic heterocycles. The van der Waals surface area contributed by atoms with E-state index in [9.17, 15) is 0 Å². The average molecular weight is 276 g/mol. The summed E-state index contributed by atoms with van der Waals surface area (Å²) in [6.45, 7) is 2.67. The van der Waals surface area contributed by atoms with Crippen molar-refractivity contribution in [1.82, 2.24) is 20.1 Å². The second kappa shape index (κ2) is 6.38. The highest BCUT2D eigenvalue weighted by Crippen LogP contribution is 2.29. The van der Waals surface area contributed by atoms with Crippen LogP contribution in [0.3, 0.4) is 0 Å². The molecule has 1 atom stereocenters. The number of ether oxygens (including phenoxy) is 2. The fourth-order valence-corrected chi connectivity index (χ4v) is 2.00. The first-order chi connectivity index (χ1) is 9.63. The number of hydrogen-bond acceptors (Lipinski definition) is 5. The number of nitrogens with one attached hydrogen (secondary N) is 1. The number of benzene rings is 1. The summed E-state index contributed by atoms with van der Waals surface area (Å²) >= 11 is 0. The van der Waals surface area contributed by atoms with Crippen molar-refractivity contribution in [2.75, 3.05) is 14.2 Å². The minimum Gasteiger partial charge on any atom is -0.497 e. The fraction of sp³-hybridized carbons (Fsp3) is 0.429. The maximum Gasteiger partial charge on any atom is 0.164 e. The summed E-state index contributed by atoms with van der Waals surface area (Å²) in [6.07, 6.45) is 1.69. The minimum atomic E-state index is 0.101. The van der Waals surface area contributed by atoms with E-state index in [0.29, 0.717) is 6.54 Å². The van der Waals surface area contributed by atoms with Crippen molar-refractivity contribution in [2.45, 2.75) is 19.5 Å². The third-order valence-electron chi connectivity index (χ3n) is 3.12. The van der Waals surface area contributed by atoms with Crippen LogP contribution in [0.25, 0.3) is 0 Å². The van der Waals surface area contributed by atoms with Crippen molar-refractivity contribution >= 4 is 0 Å². The van der Waals surface area contributed by atoms with Gasteiger partial charge >= 0.3 is 0 Å². The first-order valence-corrected chi connectivity index (χ1v) is 6.44. The number of aromatic nitrogens is 3. The van der Waals surface area contributed by atoms with Crippen LogP contribution < -0.4 is 14.8 Å². The zero-order valence-corrected chi connectivity index (χ0v) is 12.3. The standard InChI is InChI=1S/C14H20N4O2/c1-10(15-8-14-16-9-18(2)17-14)12-7-11(19-3)5-6-13(12)20-4/h5-7,9-10,15H,8H2,1-4H3. The molecule has 2 rings (SSSR count). The van der Waals surface area contributed by atoms with Crippen LogP contribution in [0.2, 0.25) is 0 Å². The molecule has 1 N–H and O–H groups in total. The third-order valence-corrected chi connectivity index (χ3v) is 3.12. The highest BCUT2D eigenvalue weighted by atomic mass is 16.5. The summed E-state index contributed by atoms with van der Waals surface area (Å²) in [7, 11) is 5.17. The number of hydrogen-bond donors (Lipinski definition) is 1. The Bertz CT molecular complexity index is 568. The fourth-order valence-electron chi connectivity index (χ4n) is 2.00. The van der Waals surface area contributed by atoms with Gasteiger partial charge in [-0.25, -0.2) is 4.98 Å². The van der Waals surface area contributed by atoms with Gasteiger partial charge in [-0.3, -0.25) is 4.68 Å². The predicted octanol–water partition coefficient (Wildman–Crippen LogP) is 1.68. The first kappa shape index (κ1) is 14.3. The molecule has 1 heterocycles. The molecule has 2 aromatic rings. The molecule has 20 heavy (non-hydrogen) atoms. The van der Waals surface area contributed by atoms with Crippen molar-refractivity contribution in [1.29, 1.82) is 0 Å². The SMILES string of the molecule is COc1ccc(OC)c(C(C)NCc2ncn(C)n2)c1. The Balaban J connectivity index is 2.09. The monoisotopic (exact) mass is 276 g/mol. The molecule has 0 fully saturated rings. The predicted molar refractivity (Wildman–Crippen MR) is 75.8 cm³/mol. The van der Waals surface area contributed by atoms with Crippen molar-refractivity contribution in [3.63, 3.8) is 0 Å². The van der Waals surface area contributed by atoms with Gasteiger partial charge in [-0.05, 0) is 25.1 Å². The zero-order valence-electron chi connectivity index (χ0n) is 12.3. The van der Waals surface area contributed by atoms with Gasteiger partial charge in [0.25, 0.3) is 0 Å². The summed E-state index contributed by atoms with van der Waals surface area (Å²) in [4.78, 5) is 4.19. The van der Waals surface area contributed by atoms with Crippen LogP contribution in [-0.2, 0) is 13.6 Å². The number of methoxy groups -OCH3 is 2. The maximum absolute atomic E-state index is 5.39. The van der Waals surface area contributed by atoms with Crippen LogP contribution in [0.15, 0.2) is 24.5 Å². The second-order valence-corrected chi connectivity index (χ2v) is 4.54. The average Bonchev–Trinajstić information content (AvgIpc) is 2.89. The molecular formula is C14H20N4O2. The smallest absolute Gasteiger partial charge is 0.164 e. The Morgan fingerprint density at radius 1 is 1.30 bits per heavy atom. The molecule has 0 amide bonds. The van der Waals surface area contributed by atoms with Crippen LogP contribution in [0.1, 0.15) is 24.4 Å². The Morgan fingerprint density at radius 2 is 2.10 bits per heavy atom. The van der Waals surface area contributed by atoms with E-state index in [4.69, 9.17) is 9.47 Å². The number of nitrogens with zero attached hydrogens (tertiary/aromatic N) is 3. The highest BCUT2D eigenvalue weighted by Gasteiger charge is 2.13. The normalized spacial score (nSPS) is 12.2. The van der Waals surface area contributed by atoms with Gasteiger partial charge in [-0.2, -0.15) is 5.10 Å². The molecule has 6 nitrogen and oxygen atoms in total. The van der Waals surface area contributed by atoms with Gasteiger partial charge in [0.1, 0.15) is 17.8 Å². The van der Waals surface area contributed by atoms with E-state index in [2.05, 4.69) is 22.3 Å². The third kappa shape index (κ3) is 3.27. The van der Waals surface area contributed by atoms with E-state index in [-0.39, 0.29) is 6.04 Å². The topological polar surface area (TPSA) is 61.2 Å². The molecule has 0 radical (unpaired) electrons. The molecule has 108 valence electrons. The van der Waals surface area contributed by atoms with Crippen molar-refractivity contribution in [3.8, 4) is 11.5 Å². The van der Waals surface area contributed by atoms with Gasteiger partial charge in [0, 0.05) is 18.7 Å². The lowest BCUT2D eigenvalue weighted by Gasteiger charge is -2.17. The Hall–Kier alpha value is -2.08. The van der Waals surface area contributed by atoms with E-state index >= 15 is 0 Å². The largest absolute Gasteiger partial charge is 0.497 e.